The minimum absolute atomic E-state index is 0.00966. The zero-order valence-corrected chi connectivity index (χ0v) is 15.9. The van der Waals surface area contributed by atoms with E-state index < -0.39 is 12.5 Å². The van der Waals surface area contributed by atoms with E-state index in [4.69, 9.17) is 4.74 Å². The van der Waals surface area contributed by atoms with Crippen LogP contribution in [0.15, 0.2) is 48.7 Å². The van der Waals surface area contributed by atoms with E-state index in [0.29, 0.717) is 17.7 Å². The molecule has 28 heavy (non-hydrogen) atoms. The molecule has 1 atom stereocenters. The summed E-state index contributed by atoms with van der Waals surface area (Å²) in [6.45, 7) is 0.657. The van der Waals surface area contributed by atoms with Gasteiger partial charge < -0.3 is 19.9 Å². The molecule has 2 aromatic carbocycles. The van der Waals surface area contributed by atoms with Gasteiger partial charge in [-0.05, 0) is 43.5 Å². The van der Waals surface area contributed by atoms with Crippen molar-refractivity contribution in [3.8, 4) is 11.5 Å². The van der Waals surface area contributed by atoms with E-state index >= 15 is 0 Å². The van der Waals surface area contributed by atoms with E-state index in [2.05, 4.69) is 10.1 Å². The van der Waals surface area contributed by atoms with Crippen LogP contribution in [-0.4, -0.2) is 30.8 Å². The third kappa shape index (κ3) is 5.97. The average molecular weight is 391 g/mol. The molecule has 0 saturated heterocycles. The number of methoxy groups -OCH3 is 1. The SMILES string of the molecule is COc1cc(CC(C)NC(=O)C(=COC(F)F)c2ccc(C)cc2)ccc1O. The first-order valence-electron chi connectivity index (χ1n) is 8.67. The van der Waals surface area contributed by atoms with Gasteiger partial charge in [-0.3, -0.25) is 4.79 Å². The van der Waals surface area contributed by atoms with E-state index in [1.165, 1.54) is 13.2 Å². The van der Waals surface area contributed by atoms with Gasteiger partial charge >= 0.3 is 6.61 Å². The first-order chi connectivity index (χ1) is 13.3. The van der Waals surface area contributed by atoms with Crippen molar-refractivity contribution in [2.24, 2.45) is 0 Å². The number of aryl methyl sites for hydroxylation is 1. The molecule has 1 unspecified atom stereocenters. The van der Waals surface area contributed by atoms with Gasteiger partial charge in [0.05, 0.1) is 12.7 Å². The van der Waals surface area contributed by atoms with E-state index in [1.807, 2.05) is 6.92 Å². The summed E-state index contributed by atoms with van der Waals surface area (Å²) in [5.41, 5.74) is 2.30. The molecule has 2 N–H and O–H groups in total. The fraction of sp³-hybridized carbons (Fsp3) is 0.286. The van der Waals surface area contributed by atoms with Crippen molar-refractivity contribution < 1.29 is 28.2 Å². The van der Waals surface area contributed by atoms with Gasteiger partial charge in [0.2, 0.25) is 0 Å². The molecule has 0 fully saturated rings. The van der Waals surface area contributed by atoms with Crippen LogP contribution in [0.5, 0.6) is 11.5 Å². The van der Waals surface area contributed by atoms with E-state index in [9.17, 15) is 18.7 Å². The minimum Gasteiger partial charge on any atom is -0.504 e. The number of hydrogen-bond donors (Lipinski definition) is 2. The summed E-state index contributed by atoms with van der Waals surface area (Å²) in [5.74, 6) is -0.166. The fourth-order valence-corrected chi connectivity index (χ4v) is 2.66. The fourth-order valence-electron chi connectivity index (χ4n) is 2.66. The summed E-state index contributed by atoms with van der Waals surface area (Å²) < 4.78 is 34.3. The van der Waals surface area contributed by atoms with Crippen LogP contribution in [0.4, 0.5) is 8.78 Å². The molecular weight excluding hydrogens is 368 g/mol. The van der Waals surface area contributed by atoms with Crippen LogP contribution in [-0.2, 0) is 16.0 Å². The van der Waals surface area contributed by atoms with Crippen LogP contribution >= 0.6 is 0 Å². The lowest BCUT2D eigenvalue weighted by molar-refractivity contribution is -0.116. The Hall–Kier alpha value is -3.09. The number of halogens is 2. The number of carbonyl (C=O) groups excluding carboxylic acids is 1. The number of nitrogens with one attached hydrogen (secondary N) is 1. The summed E-state index contributed by atoms with van der Waals surface area (Å²) >= 11 is 0. The van der Waals surface area contributed by atoms with Crippen molar-refractivity contribution in [1.29, 1.82) is 0 Å². The van der Waals surface area contributed by atoms with Gasteiger partial charge in [0.1, 0.15) is 6.26 Å². The summed E-state index contributed by atoms with van der Waals surface area (Å²) in [6, 6.07) is 11.5. The van der Waals surface area contributed by atoms with Gasteiger partial charge in [0.15, 0.2) is 11.5 Å². The van der Waals surface area contributed by atoms with Crippen molar-refractivity contribution in [1.82, 2.24) is 5.32 Å². The lowest BCUT2D eigenvalue weighted by Gasteiger charge is -2.16. The summed E-state index contributed by atoms with van der Waals surface area (Å²) in [7, 11) is 1.45. The number of benzene rings is 2. The van der Waals surface area contributed by atoms with Gasteiger partial charge in [-0.25, -0.2) is 0 Å². The van der Waals surface area contributed by atoms with Crippen LogP contribution in [0, 0.1) is 6.92 Å². The van der Waals surface area contributed by atoms with Gasteiger partial charge in [0, 0.05) is 6.04 Å². The predicted octanol–water partition coefficient (Wildman–Crippen LogP) is 4.04. The second kappa shape index (κ2) is 9.73. The number of carbonyl (C=O) groups is 1. The first kappa shape index (κ1) is 21.2. The molecule has 2 aromatic rings. The van der Waals surface area contributed by atoms with Crippen LogP contribution < -0.4 is 10.1 Å². The van der Waals surface area contributed by atoms with E-state index in [-0.39, 0.29) is 17.4 Å². The number of rotatable bonds is 8. The number of phenols is 1. The van der Waals surface area contributed by atoms with Crippen LogP contribution in [0.25, 0.3) is 5.57 Å². The Morgan fingerprint density at radius 3 is 2.50 bits per heavy atom. The zero-order valence-electron chi connectivity index (χ0n) is 15.9. The van der Waals surface area contributed by atoms with Crippen molar-refractivity contribution in [3.63, 3.8) is 0 Å². The van der Waals surface area contributed by atoms with Crippen LogP contribution in [0.3, 0.4) is 0 Å². The molecule has 0 aromatic heterocycles. The first-order valence-corrected chi connectivity index (χ1v) is 8.67. The number of amides is 1. The molecule has 7 heteroatoms. The monoisotopic (exact) mass is 391 g/mol. The highest BCUT2D eigenvalue weighted by atomic mass is 19.3. The molecule has 0 heterocycles. The lowest BCUT2D eigenvalue weighted by atomic mass is 10.0. The quantitative estimate of drug-likeness (QED) is 0.527. The molecule has 0 aliphatic rings. The molecular formula is C21H23F2NO4. The zero-order chi connectivity index (χ0) is 20.7. The Morgan fingerprint density at radius 1 is 1.21 bits per heavy atom. The summed E-state index contributed by atoms with van der Waals surface area (Å²) in [6.07, 6.45) is 1.24. The highest BCUT2D eigenvalue weighted by Gasteiger charge is 2.17. The Balaban J connectivity index is 2.13. The Morgan fingerprint density at radius 2 is 1.89 bits per heavy atom. The molecule has 5 nitrogen and oxygen atoms in total. The normalized spacial score (nSPS) is 12.6. The smallest absolute Gasteiger partial charge is 0.386 e. The molecule has 0 aliphatic carbocycles. The molecule has 0 radical (unpaired) electrons. The number of alkyl halides is 2. The van der Waals surface area contributed by atoms with Gasteiger partial charge in [-0.1, -0.05) is 35.9 Å². The van der Waals surface area contributed by atoms with Crippen molar-refractivity contribution >= 4 is 11.5 Å². The number of ether oxygens (including phenoxy) is 2. The Kier molecular flexibility index (Phi) is 7.37. The molecule has 0 spiro atoms. The molecule has 0 aliphatic heterocycles. The highest BCUT2D eigenvalue weighted by Crippen LogP contribution is 2.27. The minimum atomic E-state index is -3.02. The molecule has 0 bridgehead atoms. The van der Waals surface area contributed by atoms with Crippen molar-refractivity contribution in [2.45, 2.75) is 32.9 Å². The third-order valence-electron chi connectivity index (χ3n) is 4.06. The van der Waals surface area contributed by atoms with Gasteiger partial charge in [-0.2, -0.15) is 8.78 Å². The second-order valence-electron chi connectivity index (χ2n) is 6.38. The maximum atomic E-state index is 12.7. The lowest BCUT2D eigenvalue weighted by Crippen LogP contribution is -2.34. The molecule has 2 rings (SSSR count). The summed E-state index contributed by atoms with van der Waals surface area (Å²) in [4.78, 5) is 12.7. The molecule has 1 amide bonds. The summed E-state index contributed by atoms with van der Waals surface area (Å²) in [5, 5.41) is 12.4. The van der Waals surface area contributed by atoms with Crippen molar-refractivity contribution in [3.05, 3.63) is 65.4 Å². The maximum Gasteiger partial charge on any atom is 0.386 e. The van der Waals surface area contributed by atoms with Crippen LogP contribution in [0.1, 0.15) is 23.6 Å². The molecule has 0 saturated carbocycles. The third-order valence-corrected chi connectivity index (χ3v) is 4.06. The van der Waals surface area contributed by atoms with Crippen LogP contribution in [0.2, 0.25) is 0 Å². The highest BCUT2D eigenvalue weighted by molar-refractivity contribution is 6.19. The topological polar surface area (TPSA) is 67.8 Å². The maximum absolute atomic E-state index is 12.7. The van der Waals surface area contributed by atoms with Crippen molar-refractivity contribution in [2.75, 3.05) is 7.11 Å². The Labute approximate surface area is 162 Å². The largest absolute Gasteiger partial charge is 0.504 e. The van der Waals surface area contributed by atoms with E-state index in [0.717, 1.165) is 17.4 Å². The standard InChI is InChI=1S/C21H23F2NO4/c1-13-4-7-16(8-5-13)17(12-28-21(22)23)20(26)24-14(2)10-15-6-9-18(25)19(11-15)27-3/h4-9,11-12,14,21,25H,10H2,1-3H3,(H,24,26). The van der Waals surface area contributed by atoms with Gasteiger partial charge in [0.25, 0.3) is 5.91 Å². The van der Waals surface area contributed by atoms with E-state index in [1.54, 1.807) is 43.3 Å². The number of aromatic hydroxyl groups is 1. The van der Waals surface area contributed by atoms with Gasteiger partial charge in [-0.15, -0.1) is 0 Å². The second-order valence-corrected chi connectivity index (χ2v) is 6.38. The average Bonchev–Trinajstić information content (AvgIpc) is 2.64. The predicted molar refractivity (Wildman–Crippen MR) is 102 cm³/mol. The number of hydrogen-bond acceptors (Lipinski definition) is 4. The molecule has 150 valence electrons. The Bertz CT molecular complexity index is 835. The number of phenolic OH excluding ortho intramolecular Hbond substituents is 1.